The molecule has 0 saturated heterocycles. The summed E-state index contributed by atoms with van der Waals surface area (Å²) >= 11 is 0. The van der Waals surface area contributed by atoms with Gasteiger partial charge in [0.2, 0.25) is 0 Å². The number of amides is 1. The van der Waals surface area contributed by atoms with Crippen LogP contribution in [0.3, 0.4) is 0 Å². The number of rotatable bonds is 2. The molecule has 1 heterocycles. The van der Waals surface area contributed by atoms with Gasteiger partial charge < -0.3 is 4.90 Å². The molecule has 1 aliphatic rings. The Morgan fingerprint density at radius 3 is 2.60 bits per heavy atom. The van der Waals surface area contributed by atoms with Crippen molar-refractivity contribution in [1.82, 2.24) is 4.98 Å². The third-order valence-corrected chi connectivity index (χ3v) is 5.08. The second kappa shape index (κ2) is 6.32. The highest BCUT2D eigenvalue weighted by Gasteiger charge is 2.25. The van der Waals surface area contributed by atoms with Crippen LogP contribution in [0.4, 0.5) is 5.69 Å². The highest BCUT2D eigenvalue weighted by Crippen LogP contribution is 2.31. The Bertz CT molecular complexity index is 947. The maximum atomic E-state index is 13.4. The van der Waals surface area contributed by atoms with Crippen molar-refractivity contribution in [1.29, 1.82) is 0 Å². The number of nitrogens with zero attached hydrogens (tertiary/aromatic N) is 2. The second-order valence-electron chi connectivity index (χ2n) is 6.84. The fourth-order valence-electron chi connectivity index (χ4n) is 3.72. The molecule has 0 N–H and O–H groups in total. The molecule has 2 aromatic carbocycles. The van der Waals surface area contributed by atoms with Gasteiger partial charge in [-0.3, -0.25) is 9.78 Å². The quantitative estimate of drug-likeness (QED) is 0.682. The van der Waals surface area contributed by atoms with Gasteiger partial charge in [-0.2, -0.15) is 0 Å². The molecule has 0 radical (unpaired) electrons. The molecule has 0 saturated carbocycles. The molecule has 3 aromatic rings. The number of pyridine rings is 1. The van der Waals surface area contributed by atoms with E-state index in [0.29, 0.717) is 0 Å². The molecule has 0 spiro atoms. The summed E-state index contributed by atoms with van der Waals surface area (Å²) in [7, 11) is 1.86. The van der Waals surface area contributed by atoms with Crippen molar-refractivity contribution in [2.45, 2.75) is 32.6 Å². The van der Waals surface area contributed by atoms with Crippen LogP contribution < -0.4 is 4.90 Å². The first-order valence-electron chi connectivity index (χ1n) is 8.90. The molecule has 3 heteroatoms. The van der Waals surface area contributed by atoms with Crippen molar-refractivity contribution in [3.05, 3.63) is 70.9 Å². The summed E-state index contributed by atoms with van der Waals surface area (Å²) in [4.78, 5) is 20.1. The van der Waals surface area contributed by atoms with Crippen molar-refractivity contribution in [2.24, 2.45) is 0 Å². The van der Waals surface area contributed by atoms with Crippen LogP contribution in [0, 0.1) is 6.92 Å². The van der Waals surface area contributed by atoms with Gasteiger partial charge in [0.25, 0.3) is 5.91 Å². The fourth-order valence-corrected chi connectivity index (χ4v) is 3.72. The zero-order valence-corrected chi connectivity index (χ0v) is 14.7. The van der Waals surface area contributed by atoms with Crippen molar-refractivity contribution < 1.29 is 4.79 Å². The molecule has 0 atom stereocenters. The fraction of sp³-hybridized carbons (Fsp3) is 0.273. The first-order chi connectivity index (χ1) is 12.1. The number of hydrogen-bond acceptors (Lipinski definition) is 2. The van der Waals surface area contributed by atoms with Gasteiger partial charge in [0.05, 0.1) is 11.1 Å². The SMILES string of the molecule is Cc1ccc2nc3c(c(C(=O)N(C)c4ccccc4)c2c1)CCCC3. The van der Waals surface area contributed by atoms with Crippen LogP contribution in [0.2, 0.25) is 0 Å². The smallest absolute Gasteiger partial charge is 0.259 e. The number of carbonyl (C=O) groups is 1. The zero-order valence-electron chi connectivity index (χ0n) is 14.7. The van der Waals surface area contributed by atoms with Crippen molar-refractivity contribution in [3.63, 3.8) is 0 Å². The number of fused-ring (bicyclic) bond motifs is 2. The molecular weight excluding hydrogens is 308 g/mol. The molecule has 126 valence electrons. The van der Waals surface area contributed by atoms with Gasteiger partial charge in [-0.15, -0.1) is 0 Å². The lowest BCUT2D eigenvalue weighted by Crippen LogP contribution is -2.28. The highest BCUT2D eigenvalue weighted by atomic mass is 16.2. The summed E-state index contributed by atoms with van der Waals surface area (Å²) in [6.07, 6.45) is 4.19. The Kier molecular flexibility index (Phi) is 4.00. The molecule has 1 aromatic heterocycles. The minimum atomic E-state index is 0.0577. The largest absolute Gasteiger partial charge is 0.311 e. The highest BCUT2D eigenvalue weighted by molar-refractivity contribution is 6.14. The van der Waals surface area contributed by atoms with Gasteiger partial charge >= 0.3 is 0 Å². The van der Waals surface area contributed by atoms with Crippen LogP contribution in [0.15, 0.2) is 48.5 Å². The van der Waals surface area contributed by atoms with E-state index in [1.54, 1.807) is 4.90 Å². The van der Waals surface area contributed by atoms with E-state index in [2.05, 4.69) is 19.1 Å². The Labute approximate surface area is 148 Å². The number of anilines is 1. The third-order valence-electron chi connectivity index (χ3n) is 5.08. The summed E-state index contributed by atoms with van der Waals surface area (Å²) in [5, 5.41) is 0.980. The average molecular weight is 330 g/mol. The Hall–Kier alpha value is -2.68. The molecule has 3 nitrogen and oxygen atoms in total. The maximum Gasteiger partial charge on any atom is 0.259 e. The molecule has 25 heavy (non-hydrogen) atoms. The van der Waals surface area contributed by atoms with Crippen LogP contribution in [0.25, 0.3) is 10.9 Å². The lowest BCUT2D eigenvalue weighted by molar-refractivity contribution is 0.0993. The van der Waals surface area contributed by atoms with Crippen molar-refractivity contribution >= 4 is 22.5 Å². The third kappa shape index (κ3) is 2.80. The van der Waals surface area contributed by atoms with Crippen LogP contribution in [-0.4, -0.2) is 17.9 Å². The van der Waals surface area contributed by atoms with E-state index < -0.39 is 0 Å². The summed E-state index contributed by atoms with van der Waals surface area (Å²) < 4.78 is 0. The first-order valence-corrected chi connectivity index (χ1v) is 8.90. The van der Waals surface area contributed by atoms with Crippen molar-refractivity contribution in [2.75, 3.05) is 11.9 Å². The molecule has 1 aliphatic carbocycles. The number of carbonyl (C=O) groups excluding carboxylic acids is 1. The monoisotopic (exact) mass is 330 g/mol. The minimum Gasteiger partial charge on any atom is -0.311 e. The number of para-hydroxylation sites is 1. The first kappa shape index (κ1) is 15.8. The van der Waals surface area contributed by atoms with Gasteiger partial charge in [-0.1, -0.05) is 29.8 Å². The van der Waals surface area contributed by atoms with Gasteiger partial charge in [0, 0.05) is 23.8 Å². The van der Waals surface area contributed by atoms with Crippen LogP contribution in [0.1, 0.15) is 40.0 Å². The number of aromatic nitrogens is 1. The minimum absolute atomic E-state index is 0.0577. The Balaban J connectivity index is 1.92. The maximum absolute atomic E-state index is 13.4. The van der Waals surface area contributed by atoms with Gasteiger partial charge in [-0.05, 0) is 62.4 Å². The van der Waals surface area contributed by atoms with E-state index in [1.807, 2.05) is 43.4 Å². The lowest BCUT2D eigenvalue weighted by atomic mass is 9.89. The van der Waals surface area contributed by atoms with E-state index in [0.717, 1.165) is 64.7 Å². The van der Waals surface area contributed by atoms with Crippen LogP contribution in [-0.2, 0) is 12.8 Å². The van der Waals surface area contributed by atoms with E-state index in [4.69, 9.17) is 4.98 Å². The summed E-state index contributed by atoms with van der Waals surface area (Å²) in [6, 6.07) is 16.0. The lowest BCUT2D eigenvalue weighted by Gasteiger charge is -2.24. The van der Waals surface area contributed by atoms with Gasteiger partial charge in [0.15, 0.2) is 0 Å². The molecule has 1 amide bonds. The molecule has 0 unspecified atom stereocenters. The summed E-state index contributed by atoms with van der Waals surface area (Å²) in [6.45, 7) is 2.06. The molecule has 0 aliphatic heterocycles. The number of aryl methyl sites for hydroxylation is 2. The van der Waals surface area contributed by atoms with E-state index in [-0.39, 0.29) is 5.91 Å². The normalized spacial score (nSPS) is 13.5. The molecular formula is C22H22N2O. The molecule has 0 fully saturated rings. The predicted octanol–water partition coefficient (Wildman–Crippen LogP) is 4.70. The standard InChI is InChI=1S/C22H22N2O/c1-15-12-13-20-18(14-15)21(17-10-6-7-11-19(17)23-20)22(25)24(2)16-8-4-3-5-9-16/h3-5,8-9,12-14H,6-7,10-11H2,1-2H3. The van der Waals surface area contributed by atoms with Crippen LogP contribution >= 0.6 is 0 Å². The number of benzene rings is 2. The molecule has 0 bridgehead atoms. The van der Waals surface area contributed by atoms with Gasteiger partial charge in [0.1, 0.15) is 0 Å². The van der Waals surface area contributed by atoms with E-state index in [9.17, 15) is 4.79 Å². The van der Waals surface area contributed by atoms with Crippen molar-refractivity contribution in [3.8, 4) is 0 Å². The Morgan fingerprint density at radius 2 is 1.80 bits per heavy atom. The summed E-state index contributed by atoms with van der Waals surface area (Å²) in [5.41, 5.74) is 6.09. The summed E-state index contributed by atoms with van der Waals surface area (Å²) in [5.74, 6) is 0.0577. The van der Waals surface area contributed by atoms with Crippen LogP contribution in [0.5, 0.6) is 0 Å². The molecule has 4 rings (SSSR count). The number of hydrogen-bond donors (Lipinski definition) is 0. The topological polar surface area (TPSA) is 33.2 Å². The zero-order chi connectivity index (χ0) is 17.4. The average Bonchev–Trinajstić information content (AvgIpc) is 2.66. The Morgan fingerprint density at radius 1 is 1.04 bits per heavy atom. The second-order valence-corrected chi connectivity index (χ2v) is 6.84. The predicted molar refractivity (Wildman–Crippen MR) is 102 cm³/mol. The van der Waals surface area contributed by atoms with E-state index in [1.165, 1.54) is 0 Å². The van der Waals surface area contributed by atoms with Gasteiger partial charge in [-0.25, -0.2) is 0 Å². The van der Waals surface area contributed by atoms with E-state index >= 15 is 0 Å².